The van der Waals surface area contributed by atoms with Crippen LogP contribution >= 0.6 is 0 Å². The molecular weight excluding hydrogens is 214 g/mol. The predicted molar refractivity (Wildman–Crippen MR) is 66.1 cm³/mol. The van der Waals surface area contributed by atoms with Crippen LogP contribution in [0.3, 0.4) is 0 Å². The number of hydrogen-bond donors (Lipinski definition) is 1. The van der Waals surface area contributed by atoms with Gasteiger partial charge in [0.25, 0.3) is 5.91 Å². The van der Waals surface area contributed by atoms with Gasteiger partial charge in [0.2, 0.25) is 0 Å². The molecule has 2 N–H and O–H groups in total. The lowest BCUT2D eigenvalue weighted by Crippen LogP contribution is -2.11. The number of amides is 1. The lowest BCUT2D eigenvalue weighted by molar-refractivity contribution is 0.0996. The molecule has 2 rings (SSSR count). The number of nitrogens with two attached hydrogens (primary N) is 1. The molecule has 4 heteroatoms. The number of para-hydroxylation sites is 1. The fourth-order valence-electron chi connectivity index (χ4n) is 1.75. The van der Waals surface area contributed by atoms with Gasteiger partial charge in [-0.25, -0.2) is 4.98 Å². The Morgan fingerprint density at radius 3 is 2.65 bits per heavy atom. The highest BCUT2D eigenvalue weighted by Gasteiger charge is 2.11. The second-order valence-corrected chi connectivity index (χ2v) is 3.86. The highest BCUT2D eigenvalue weighted by atomic mass is 16.1. The van der Waals surface area contributed by atoms with E-state index in [9.17, 15) is 4.79 Å². The van der Waals surface area contributed by atoms with E-state index in [0.29, 0.717) is 5.69 Å². The molecule has 0 spiro atoms. The maximum atomic E-state index is 11.1. The first kappa shape index (κ1) is 11.4. The number of imidazole rings is 1. The van der Waals surface area contributed by atoms with E-state index in [0.717, 1.165) is 24.4 Å². The number of aromatic nitrogens is 2. The Kier molecular flexibility index (Phi) is 3.23. The van der Waals surface area contributed by atoms with E-state index in [1.807, 2.05) is 34.9 Å². The molecule has 0 unspecified atom stereocenters. The summed E-state index contributed by atoms with van der Waals surface area (Å²) in [5.74, 6) is 0.379. The molecule has 1 heterocycles. The minimum Gasteiger partial charge on any atom is -0.364 e. The van der Waals surface area contributed by atoms with E-state index < -0.39 is 5.91 Å². The third-order valence-corrected chi connectivity index (χ3v) is 2.54. The van der Waals surface area contributed by atoms with Crippen molar-refractivity contribution in [3.8, 4) is 5.69 Å². The highest BCUT2D eigenvalue weighted by Crippen LogP contribution is 2.13. The van der Waals surface area contributed by atoms with Crippen LogP contribution in [-0.4, -0.2) is 15.5 Å². The van der Waals surface area contributed by atoms with Crippen LogP contribution in [0.15, 0.2) is 36.5 Å². The lowest BCUT2D eigenvalue weighted by Gasteiger charge is -2.05. The third-order valence-electron chi connectivity index (χ3n) is 2.54. The number of primary amides is 1. The Morgan fingerprint density at radius 2 is 2.06 bits per heavy atom. The second-order valence-electron chi connectivity index (χ2n) is 3.86. The first-order chi connectivity index (χ1) is 8.22. The van der Waals surface area contributed by atoms with E-state index in [-0.39, 0.29) is 0 Å². The van der Waals surface area contributed by atoms with E-state index in [2.05, 4.69) is 11.9 Å². The molecule has 0 aliphatic heterocycles. The minimum atomic E-state index is -0.489. The van der Waals surface area contributed by atoms with Crippen LogP contribution in [0.1, 0.15) is 29.7 Å². The minimum absolute atomic E-state index is 0.317. The summed E-state index contributed by atoms with van der Waals surface area (Å²) in [4.78, 5) is 15.4. The Hall–Kier alpha value is -2.10. The van der Waals surface area contributed by atoms with Gasteiger partial charge in [0, 0.05) is 18.3 Å². The Morgan fingerprint density at radius 1 is 1.35 bits per heavy atom. The van der Waals surface area contributed by atoms with Gasteiger partial charge in [-0.2, -0.15) is 0 Å². The number of benzene rings is 1. The zero-order valence-corrected chi connectivity index (χ0v) is 9.76. The molecule has 1 aromatic heterocycles. The molecule has 0 aliphatic carbocycles. The van der Waals surface area contributed by atoms with Crippen molar-refractivity contribution in [2.45, 2.75) is 19.8 Å². The summed E-state index contributed by atoms with van der Waals surface area (Å²) in [6.07, 6.45) is 3.49. The van der Waals surface area contributed by atoms with E-state index in [1.54, 1.807) is 6.20 Å². The van der Waals surface area contributed by atoms with Gasteiger partial charge in [-0.05, 0) is 18.6 Å². The number of rotatable bonds is 4. The Bertz CT molecular complexity index is 517. The number of nitrogens with zero attached hydrogens (tertiary/aromatic N) is 2. The first-order valence-corrected chi connectivity index (χ1v) is 5.66. The summed E-state index contributed by atoms with van der Waals surface area (Å²) >= 11 is 0. The molecule has 2 aromatic rings. The summed E-state index contributed by atoms with van der Waals surface area (Å²) in [6.45, 7) is 2.08. The largest absolute Gasteiger partial charge is 0.364 e. The maximum absolute atomic E-state index is 11.1. The monoisotopic (exact) mass is 229 g/mol. The van der Waals surface area contributed by atoms with Gasteiger partial charge >= 0.3 is 0 Å². The smallest absolute Gasteiger partial charge is 0.268 e. The van der Waals surface area contributed by atoms with Crippen LogP contribution in [0, 0.1) is 0 Å². The summed E-state index contributed by atoms with van der Waals surface area (Å²) in [7, 11) is 0. The van der Waals surface area contributed by atoms with Crippen LogP contribution in [0.5, 0.6) is 0 Å². The molecule has 0 aliphatic rings. The third kappa shape index (κ3) is 2.36. The highest BCUT2D eigenvalue weighted by molar-refractivity contribution is 5.90. The number of aryl methyl sites for hydroxylation is 1. The topological polar surface area (TPSA) is 60.9 Å². The van der Waals surface area contributed by atoms with Gasteiger partial charge in [-0.3, -0.25) is 4.79 Å². The summed E-state index contributed by atoms with van der Waals surface area (Å²) < 4.78 is 1.92. The Balaban J connectivity index is 2.48. The molecule has 0 bridgehead atoms. The van der Waals surface area contributed by atoms with Gasteiger partial charge in [-0.1, -0.05) is 25.1 Å². The molecule has 0 saturated carbocycles. The van der Waals surface area contributed by atoms with Gasteiger partial charge in [0.1, 0.15) is 11.5 Å². The van der Waals surface area contributed by atoms with Crippen molar-refractivity contribution in [1.82, 2.24) is 9.55 Å². The van der Waals surface area contributed by atoms with E-state index >= 15 is 0 Å². The van der Waals surface area contributed by atoms with Crippen LogP contribution in [0.25, 0.3) is 5.69 Å². The fraction of sp³-hybridized carbons (Fsp3) is 0.231. The van der Waals surface area contributed by atoms with Crippen molar-refractivity contribution in [1.29, 1.82) is 0 Å². The molecule has 1 aromatic carbocycles. The molecule has 88 valence electrons. The van der Waals surface area contributed by atoms with E-state index in [1.165, 1.54) is 0 Å². The quantitative estimate of drug-likeness (QED) is 0.870. The zero-order chi connectivity index (χ0) is 12.3. The Labute approximate surface area is 100 Å². The average Bonchev–Trinajstić information content (AvgIpc) is 2.75. The number of carbonyl (C=O) groups excluding carboxylic acids is 1. The van der Waals surface area contributed by atoms with Crippen molar-refractivity contribution in [2.24, 2.45) is 5.73 Å². The molecule has 0 saturated heterocycles. The van der Waals surface area contributed by atoms with Crippen molar-refractivity contribution in [2.75, 3.05) is 0 Å². The standard InChI is InChI=1S/C13H15N3O/c1-2-6-12-15-11(13(14)17)9-16(12)10-7-4-3-5-8-10/h3-5,7-9H,2,6H2,1H3,(H2,14,17). The molecule has 0 radical (unpaired) electrons. The van der Waals surface area contributed by atoms with E-state index in [4.69, 9.17) is 5.73 Å². The first-order valence-electron chi connectivity index (χ1n) is 5.66. The SMILES string of the molecule is CCCc1nc(C(N)=O)cn1-c1ccccc1. The van der Waals surface area contributed by atoms with Gasteiger partial charge in [0.05, 0.1) is 0 Å². The molecule has 4 nitrogen and oxygen atoms in total. The summed E-state index contributed by atoms with van der Waals surface area (Å²) in [5.41, 5.74) is 6.57. The normalized spacial score (nSPS) is 10.4. The summed E-state index contributed by atoms with van der Waals surface area (Å²) in [5, 5.41) is 0. The van der Waals surface area contributed by atoms with Crippen molar-refractivity contribution in [3.63, 3.8) is 0 Å². The van der Waals surface area contributed by atoms with Crippen LogP contribution in [-0.2, 0) is 6.42 Å². The summed E-state index contributed by atoms with van der Waals surface area (Å²) in [6, 6.07) is 9.82. The molecule has 1 amide bonds. The fourth-order valence-corrected chi connectivity index (χ4v) is 1.75. The van der Waals surface area contributed by atoms with Gasteiger partial charge in [-0.15, -0.1) is 0 Å². The van der Waals surface area contributed by atoms with Crippen molar-refractivity contribution >= 4 is 5.91 Å². The number of carbonyl (C=O) groups is 1. The second kappa shape index (κ2) is 4.82. The molecular formula is C13H15N3O. The van der Waals surface area contributed by atoms with Crippen molar-refractivity contribution < 1.29 is 4.79 Å². The maximum Gasteiger partial charge on any atom is 0.268 e. The van der Waals surface area contributed by atoms with Gasteiger partial charge in [0.15, 0.2) is 0 Å². The van der Waals surface area contributed by atoms with Gasteiger partial charge < -0.3 is 10.3 Å². The molecule has 0 fully saturated rings. The molecule has 0 atom stereocenters. The van der Waals surface area contributed by atoms with Crippen LogP contribution < -0.4 is 5.73 Å². The number of hydrogen-bond acceptors (Lipinski definition) is 2. The van der Waals surface area contributed by atoms with Crippen molar-refractivity contribution in [3.05, 3.63) is 48.0 Å². The van der Waals surface area contributed by atoms with Crippen LogP contribution in [0.2, 0.25) is 0 Å². The van der Waals surface area contributed by atoms with Crippen LogP contribution in [0.4, 0.5) is 0 Å². The molecule has 17 heavy (non-hydrogen) atoms. The predicted octanol–water partition coefficient (Wildman–Crippen LogP) is 1.92. The lowest BCUT2D eigenvalue weighted by atomic mass is 10.3. The average molecular weight is 229 g/mol. The zero-order valence-electron chi connectivity index (χ0n) is 9.76.